The summed E-state index contributed by atoms with van der Waals surface area (Å²) in [4.78, 5) is 11.6. The molecular weight excluding hydrogens is 220 g/mol. The van der Waals surface area contributed by atoms with Crippen LogP contribution in [0.25, 0.3) is 0 Å². The smallest absolute Gasteiger partial charge is 0.315 e. The van der Waals surface area contributed by atoms with Gasteiger partial charge in [0.2, 0.25) is 0 Å². The van der Waals surface area contributed by atoms with E-state index in [1.165, 1.54) is 0 Å². The molecule has 0 aliphatic carbocycles. The number of amides is 2. The highest BCUT2D eigenvalue weighted by Gasteiger charge is 2.12. The molecule has 5 nitrogen and oxygen atoms in total. The Hall–Kier alpha value is -1.49. The van der Waals surface area contributed by atoms with Crippen molar-refractivity contribution in [1.82, 2.24) is 10.6 Å². The summed E-state index contributed by atoms with van der Waals surface area (Å²) in [6.07, 6.45) is 3.03. The number of hydrogen-bond donors (Lipinski definition) is 3. The Bertz CT molecular complexity index is 325. The van der Waals surface area contributed by atoms with Crippen molar-refractivity contribution in [3.63, 3.8) is 0 Å². The Labute approximate surface area is 101 Å². The SMILES string of the molecule is CC(CCCO)NC(=O)NC(C)c1ccco1. The minimum atomic E-state index is -0.223. The maximum atomic E-state index is 11.6. The van der Waals surface area contributed by atoms with Gasteiger partial charge in [-0.1, -0.05) is 0 Å². The zero-order valence-corrected chi connectivity index (χ0v) is 10.3. The number of aliphatic hydroxyl groups excluding tert-OH is 1. The molecule has 2 unspecified atom stereocenters. The minimum Gasteiger partial charge on any atom is -0.467 e. The summed E-state index contributed by atoms with van der Waals surface area (Å²) in [5.74, 6) is 0.725. The number of furan rings is 1. The summed E-state index contributed by atoms with van der Waals surface area (Å²) in [5, 5.41) is 14.3. The molecule has 1 rings (SSSR count). The van der Waals surface area contributed by atoms with Crippen molar-refractivity contribution in [2.75, 3.05) is 6.61 Å². The Balaban J connectivity index is 2.29. The molecule has 1 aromatic rings. The normalized spacial score (nSPS) is 14.1. The number of rotatable bonds is 6. The van der Waals surface area contributed by atoms with Crippen LogP contribution in [-0.2, 0) is 0 Å². The van der Waals surface area contributed by atoms with Gasteiger partial charge in [-0.15, -0.1) is 0 Å². The minimum absolute atomic E-state index is 0.0472. The molecule has 0 saturated carbocycles. The summed E-state index contributed by atoms with van der Waals surface area (Å²) in [5.41, 5.74) is 0. The molecule has 1 heterocycles. The summed E-state index contributed by atoms with van der Waals surface area (Å²) in [7, 11) is 0. The molecule has 0 saturated heterocycles. The zero-order chi connectivity index (χ0) is 12.7. The summed E-state index contributed by atoms with van der Waals surface area (Å²) >= 11 is 0. The van der Waals surface area contributed by atoms with E-state index in [0.29, 0.717) is 6.42 Å². The van der Waals surface area contributed by atoms with Crippen molar-refractivity contribution < 1.29 is 14.3 Å². The van der Waals surface area contributed by atoms with Gasteiger partial charge in [0, 0.05) is 12.6 Å². The molecular formula is C12H20N2O3. The highest BCUT2D eigenvalue weighted by Crippen LogP contribution is 2.11. The van der Waals surface area contributed by atoms with Crippen molar-refractivity contribution >= 4 is 6.03 Å². The van der Waals surface area contributed by atoms with Gasteiger partial charge in [0.15, 0.2) is 0 Å². The average molecular weight is 240 g/mol. The van der Waals surface area contributed by atoms with Gasteiger partial charge in [-0.3, -0.25) is 0 Å². The molecule has 0 radical (unpaired) electrons. The molecule has 0 aliphatic heterocycles. The van der Waals surface area contributed by atoms with Gasteiger partial charge in [-0.05, 0) is 38.8 Å². The van der Waals surface area contributed by atoms with Crippen LogP contribution >= 0.6 is 0 Å². The van der Waals surface area contributed by atoms with Crippen molar-refractivity contribution in [2.24, 2.45) is 0 Å². The first kappa shape index (κ1) is 13.6. The lowest BCUT2D eigenvalue weighted by Crippen LogP contribution is -2.41. The van der Waals surface area contributed by atoms with Crippen LogP contribution in [0.4, 0.5) is 4.79 Å². The predicted molar refractivity (Wildman–Crippen MR) is 64.6 cm³/mol. The van der Waals surface area contributed by atoms with Crippen molar-refractivity contribution in [3.8, 4) is 0 Å². The van der Waals surface area contributed by atoms with Gasteiger partial charge in [-0.2, -0.15) is 0 Å². The molecule has 2 atom stereocenters. The third-order valence-corrected chi connectivity index (χ3v) is 2.49. The molecule has 0 aromatic carbocycles. The van der Waals surface area contributed by atoms with E-state index in [2.05, 4.69) is 10.6 Å². The van der Waals surface area contributed by atoms with E-state index < -0.39 is 0 Å². The van der Waals surface area contributed by atoms with Crippen LogP contribution < -0.4 is 10.6 Å². The zero-order valence-electron chi connectivity index (χ0n) is 10.3. The molecule has 5 heteroatoms. The number of nitrogens with one attached hydrogen (secondary N) is 2. The number of carbonyl (C=O) groups is 1. The van der Waals surface area contributed by atoms with Crippen LogP contribution in [-0.4, -0.2) is 23.8 Å². The number of carbonyl (C=O) groups excluding carboxylic acids is 1. The Morgan fingerprint density at radius 3 is 2.82 bits per heavy atom. The first-order chi connectivity index (χ1) is 8.13. The van der Waals surface area contributed by atoms with Crippen LogP contribution in [0.15, 0.2) is 22.8 Å². The molecule has 3 N–H and O–H groups in total. The predicted octanol–water partition coefficient (Wildman–Crippen LogP) is 1.80. The van der Waals surface area contributed by atoms with E-state index in [1.54, 1.807) is 12.3 Å². The molecule has 2 amide bonds. The van der Waals surface area contributed by atoms with Crippen LogP contribution in [0.5, 0.6) is 0 Å². The van der Waals surface area contributed by atoms with E-state index in [1.807, 2.05) is 19.9 Å². The van der Waals surface area contributed by atoms with Crippen molar-refractivity contribution in [2.45, 2.75) is 38.8 Å². The van der Waals surface area contributed by atoms with E-state index in [9.17, 15) is 4.79 Å². The van der Waals surface area contributed by atoms with Crippen molar-refractivity contribution in [3.05, 3.63) is 24.2 Å². The second-order valence-electron chi connectivity index (χ2n) is 4.12. The van der Waals surface area contributed by atoms with Gasteiger partial charge < -0.3 is 20.2 Å². The molecule has 96 valence electrons. The van der Waals surface area contributed by atoms with Crippen LogP contribution in [0, 0.1) is 0 Å². The molecule has 0 fully saturated rings. The first-order valence-corrected chi connectivity index (χ1v) is 5.84. The van der Waals surface area contributed by atoms with E-state index >= 15 is 0 Å². The topological polar surface area (TPSA) is 74.5 Å². The number of urea groups is 1. The maximum Gasteiger partial charge on any atom is 0.315 e. The molecule has 0 aliphatic rings. The van der Waals surface area contributed by atoms with Gasteiger partial charge in [0.1, 0.15) is 5.76 Å². The molecule has 17 heavy (non-hydrogen) atoms. The highest BCUT2D eigenvalue weighted by molar-refractivity contribution is 5.74. The second-order valence-corrected chi connectivity index (χ2v) is 4.12. The quantitative estimate of drug-likeness (QED) is 0.709. The molecule has 1 aromatic heterocycles. The average Bonchev–Trinajstić information content (AvgIpc) is 2.79. The Kier molecular flexibility index (Phi) is 5.56. The van der Waals surface area contributed by atoms with E-state index in [0.717, 1.165) is 12.2 Å². The number of hydrogen-bond acceptors (Lipinski definition) is 3. The maximum absolute atomic E-state index is 11.6. The Morgan fingerprint density at radius 2 is 2.24 bits per heavy atom. The van der Waals surface area contributed by atoms with Gasteiger partial charge in [0.25, 0.3) is 0 Å². The van der Waals surface area contributed by atoms with Crippen LogP contribution in [0.1, 0.15) is 38.5 Å². The summed E-state index contributed by atoms with van der Waals surface area (Å²) in [6, 6.07) is 3.27. The Morgan fingerprint density at radius 1 is 1.47 bits per heavy atom. The third-order valence-electron chi connectivity index (χ3n) is 2.49. The fraction of sp³-hybridized carbons (Fsp3) is 0.583. The fourth-order valence-electron chi connectivity index (χ4n) is 1.54. The van der Waals surface area contributed by atoms with Gasteiger partial charge >= 0.3 is 6.03 Å². The van der Waals surface area contributed by atoms with E-state index in [-0.39, 0.29) is 24.7 Å². The largest absolute Gasteiger partial charge is 0.467 e. The highest BCUT2D eigenvalue weighted by atomic mass is 16.3. The standard InChI is InChI=1S/C12H20N2O3/c1-9(5-3-7-15)13-12(16)14-10(2)11-6-4-8-17-11/h4,6,8-10,15H,3,5,7H2,1-2H3,(H2,13,14,16). The third kappa shape index (κ3) is 4.91. The summed E-state index contributed by atoms with van der Waals surface area (Å²) < 4.78 is 5.19. The molecule has 0 spiro atoms. The van der Waals surface area contributed by atoms with Crippen LogP contribution in [0.2, 0.25) is 0 Å². The van der Waals surface area contributed by atoms with E-state index in [4.69, 9.17) is 9.52 Å². The lowest BCUT2D eigenvalue weighted by Gasteiger charge is -2.16. The second kappa shape index (κ2) is 6.96. The number of aliphatic hydroxyl groups is 1. The fourth-order valence-corrected chi connectivity index (χ4v) is 1.54. The first-order valence-electron chi connectivity index (χ1n) is 5.84. The van der Waals surface area contributed by atoms with Crippen LogP contribution in [0.3, 0.4) is 0 Å². The van der Waals surface area contributed by atoms with Crippen molar-refractivity contribution in [1.29, 1.82) is 0 Å². The van der Waals surface area contributed by atoms with Gasteiger partial charge in [-0.25, -0.2) is 4.79 Å². The molecule has 0 bridgehead atoms. The lowest BCUT2D eigenvalue weighted by atomic mass is 10.2. The monoisotopic (exact) mass is 240 g/mol. The lowest BCUT2D eigenvalue weighted by molar-refractivity contribution is 0.230. The van der Waals surface area contributed by atoms with Gasteiger partial charge in [0.05, 0.1) is 12.3 Å². The summed E-state index contributed by atoms with van der Waals surface area (Å²) in [6.45, 7) is 3.92.